The maximum Gasteiger partial charge on any atom is 0.229 e. The smallest absolute Gasteiger partial charge is 0.229 e. The van der Waals surface area contributed by atoms with Gasteiger partial charge in [0.15, 0.2) is 5.82 Å². The van der Waals surface area contributed by atoms with E-state index < -0.39 is 0 Å². The van der Waals surface area contributed by atoms with Gasteiger partial charge in [0, 0.05) is 40.7 Å². The summed E-state index contributed by atoms with van der Waals surface area (Å²) in [6, 6.07) is 14.4. The van der Waals surface area contributed by atoms with Crippen LogP contribution >= 0.6 is 11.6 Å². The van der Waals surface area contributed by atoms with Gasteiger partial charge in [0.1, 0.15) is 5.82 Å². The largest absolute Gasteiger partial charge is 0.371 e. The number of fused-ring (bicyclic) bond motifs is 1. The fourth-order valence-electron chi connectivity index (χ4n) is 4.06. The van der Waals surface area contributed by atoms with Crippen LogP contribution in [0.15, 0.2) is 53.1 Å². The molecule has 1 aliphatic rings. The molecular formula is C23H20ClFN4O. The van der Waals surface area contributed by atoms with Crippen molar-refractivity contribution in [3.63, 3.8) is 0 Å². The van der Waals surface area contributed by atoms with Crippen molar-refractivity contribution < 1.29 is 8.91 Å². The van der Waals surface area contributed by atoms with Crippen LogP contribution in [0.1, 0.15) is 30.5 Å². The van der Waals surface area contributed by atoms with Crippen LogP contribution in [0, 0.1) is 12.7 Å². The second-order valence-corrected chi connectivity index (χ2v) is 8.07. The number of rotatable bonds is 3. The third-order valence-electron chi connectivity index (χ3n) is 5.62. The fraction of sp³-hybridized carbons (Fsp3) is 0.261. The Hall–Kier alpha value is -2.99. The molecule has 152 valence electrons. The van der Waals surface area contributed by atoms with Crippen molar-refractivity contribution in [1.82, 2.24) is 15.1 Å². The second-order valence-electron chi connectivity index (χ2n) is 7.64. The predicted octanol–water partition coefficient (Wildman–Crippen LogP) is 5.77. The Balaban J connectivity index is 1.51. The van der Waals surface area contributed by atoms with Crippen molar-refractivity contribution in [2.75, 3.05) is 18.0 Å². The zero-order chi connectivity index (χ0) is 20.7. The minimum absolute atomic E-state index is 0.253. The average Bonchev–Trinajstić information content (AvgIpc) is 3.20. The topological polar surface area (TPSA) is 55.1 Å². The first-order chi connectivity index (χ1) is 14.6. The number of benzene rings is 2. The van der Waals surface area contributed by atoms with Crippen LogP contribution < -0.4 is 4.90 Å². The number of pyridine rings is 1. The fourth-order valence-corrected chi connectivity index (χ4v) is 4.18. The lowest BCUT2D eigenvalue weighted by Gasteiger charge is -2.33. The summed E-state index contributed by atoms with van der Waals surface area (Å²) in [4.78, 5) is 11.4. The highest BCUT2D eigenvalue weighted by Gasteiger charge is 2.26. The van der Waals surface area contributed by atoms with E-state index in [0.29, 0.717) is 16.7 Å². The number of aryl methyl sites for hydroxylation is 1. The monoisotopic (exact) mass is 422 g/mol. The molecule has 0 aliphatic carbocycles. The molecule has 2 aromatic heterocycles. The van der Waals surface area contributed by atoms with Gasteiger partial charge < -0.3 is 9.42 Å². The molecule has 30 heavy (non-hydrogen) atoms. The van der Waals surface area contributed by atoms with Gasteiger partial charge in [-0.3, -0.25) is 0 Å². The maximum atomic E-state index is 14.0. The Morgan fingerprint density at radius 1 is 1.03 bits per heavy atom. The Morgan fingerprint density at radius 2 is 1.80 bits per heavy atom. The zero-order valence-corrected chi connectivity index (χ0v) is 17.2. The molecule has 1 aliphatic heterocycles. The summed E-state index contributed by atoms with van der Waals surface area (Å²) in [5, 5.41) is 5.41. The second kappa shape index (κ2) is 7.69. The lowest BCUT2D eigenvalue weighted by molar-refractivity contribution is 0.327. The van der Waals surface area contributed by atoms with E-state index in [9.17, 15) is 4.39 Å². The van der Waals surface area contributed by atoms with Crippen LogP contribution in [-0.4, -0.2) is 28.2 Å². The summed E-state index contributed by atoms with van der Waals surface area (Å²) in [6.07, 6.45) is 1.80. The van der Waals surface area contributed by atoms with Crippen molar-refractivity contribution >= 4 is 28.2 Å². The van der Waals surface area contributed by atoms with Crippen LogP contribution in [0.3, 0.4) is 0 Å². The van der Waals surface area contributed by atoms with Crippen molar-refractivity contribution in [1.29, 1.82) is 0 Å². The summed E-state index contributed by atoms with van der Waals surface area (Å²) in [6.45, 7) is 3.47. The lowest BCUT2D eigenvalue weighted by Crippen LogP contribution is -2.33. The summed E-state index contributed by atoms with van der Waals surface area (Å²) < 4.78 is 19.4. The third kappa shape index (κ3) is 3.63. The highest BCUT2D eigenvalue weighted by Crippen LogP contribution is 2.36. The minimum Gasteiger partial charge on any atom is -0.371 e. The van der Waals surface area contributed by atoms with Gasteiger partial charge in [-0.2, -0.15) is 4.98 Å². The minimum atomic E-state index is -0.263. The van der Waals surface area contributed by atoms with Crippen LogP contribution in [0.4, 0.5) is 10.1 Å². The predicted molar refractivity (Wildman–Crippen MR) is 115 cm³/mol. The van der Waals surface area contributed by atoms with E-state index in [2.05, 4.69) is 15.0 Å². The van der Waals surface area contributed by atoms with E-state index in [4.69, 9.17) is 21.1 Å². The van der Waals surface area contributed by atoms with Gasteiger partial charge in [-0.05, 0) is 56.2 Å². The molecule has 0 bridgehead atoms. The summed E-state index contributed by atoms with van der Waals surface area (Å²) >= 11 is 6.04. The normalized spacial score (nSPS) is 15.1. The number of aromatic nitrogens is 3. The molecule has 0 atom stereocenters. The Morgan fingerprint density at radius 3 is 2.50 bits per heavy atom. The molecule has 0 saturated carbocycles. The van der Waals surface area contributed by atoms with Gasteiger partial charge in [-0.15, -0.1) is 0 Å². The molecule has 0 spiro atoms. The van der Waals surface area contributed by atoms with Crippen molar-refractivity contribution in [3.8, 4) is 11.3 Å². The number of nitrogens with zero attached hydrogens (tertiary/aromatic N) is 4. The van der Waals surface area contributed by atoms with E-state index >= 15 is 0 Å². The van der Waals surface area contributed by atoms with Crippen LogP contribution in [0.2, 0.25) is 5.02 Å². The Bertz CT molecular complexity index is 1200. The molecule has 7 heteroatoms. The van der Waals surface area contributed by atoms with Gasteiger partial charge in [-0.1, -0.05) is 28.9 Å². The molecule has 4 aromatic rings. The number of anilines is 1. The van der Waals surface area contributed by atoms with Crippen LogP contribution in [0.5, 0.6) is 0 Å². The number of hydrogen-bond donors (Lipinski definition) is 0. The molecule has 5 nitrogen and oxygen atoms in total. The van der Waals surface area contributed by atoms with Gasteiger partial charge >= 0.3 is 0 Å². The van der Waals surface area contributed by atoms with Crippen molar-refractivity contribution in [2.24, 2.45) is 0 Å². The van der Waals surface area contributed by atoms with E-state index in [0.717, 1.165) is 53.8 Å². The van der Waals surface area contributed by atoms with Crippen LogP contribution in [-0.2, 0) is 0 Å². The molecule has 0 radical (unpaired) electrons. The standard InChI is InChI=1S/C23H20ClFN4O/c1-14-26-23(30-28-14)16-8-10-29(11-9-16)22-13-21(15-2-4-17(24)5-3-15)27-20-7-6-18(25)12-19(20)22/h2-7,12-13,16H,8-11H2,1H3. The van der Waals surface area contributed by atoms with E-state index in [1.54, 1.807) is 12.1 Å². The SMILES string of the molecule is Cc1noc(C2CCN(c3cc(-c4ccc(Cl)cc4)nc4ccc(F)cc34)CC2)n1. The van der Waals surface area contributed by atoms with E-state index in [-0.39, 0.29) is 11.7 Å². The zero-order valence-electron chi connectivity index (χ0n) is 16.5. The van der Waals surface area contributed by atoms with Crippen LogP contribution in [0.25, 0.3) is 22.2 Å². The molecule has 1 saturated heterocycles. The molecule has 3 heterocycles. The molecular weight excluding hydrogens is 403 g/mol. The molecule has 0 unspecified atom stereocenters. The summed E-state index contributed by atoms with van der Waals surface area (Å²) in [7, 11) is 0. The number of halogens is 2. The first-order valence-corrected chi connectivity index (χ1v) is 10.4. The van der Waals surface area contributed by atoms with Crippen molar-refractivity contribution in [3.05, 3.63) is 71.1 Å². The summed E-state index contributed by atoms with van der Waals surface area (Å²) in [5.74, 6) is 1.36. The maximum absolute atomic E-state index is 14.0. The van der Waals surface area contributed by atoms with Gasteiger partial charge in [0.05, 0.1) is 11.2 Å². The quantitative estimate of drug-likeness (QED) is 0.419. The lowest BCUT2D eigenvalue weighted by atomic mass is 9.95. The van der Waals surface area contributed by atoms with Gasteiger partial charge in [-0.25, -0.2) is 9.37 Å². The molecule has 0 N–H and O–H groups in total. The molecule has 2 aromatic carbocycles. The van der Waals surface area contributed by atoms with Crippen molar-refractivity contribution in [2.45, 2.75) is 25.7 Å². The number of hydrogen-bond acceptors (Lipinski definition) is 5. The van der Waals surface area contributed by atoms with E-state index in [1.807, 2.05) is 37.3 Å². The number of piperidine rings is 1. The van der Waals surface area contributed by atoms with E-state index in [1.165, 1.54) is 6.07 Å². The molecule has 1 fully saturated rings. The average molecular weight is 423 g/mol. The molecule has 5 rings (SSSR count). The highest BCUT2D eigenvalue weighted by atomic mass is 35.5. The first-order valence-electron chi connectivity index (χ1n) is 9.98. The van der Waals surface area contributed by atoms with Gasteiger partial charge in [0.2, 0.25) is 5.89 Å². The Labute approximate surface area is 178 Å². The van der Waals surface area contributed by atoms with Gasteiger partial charge in [0.25, 0.3) is 0 Å². The highest BCUT2D eigenvalue weighted by molar-refractivity contribution is 6.30. The summed E-state index contributed by atoms with van der Waals surface area (Å²) in [5.41, 5.74) is 3.58. The molecule has 0 amide bonds. The third-order valence-corrected chi connectivity index (χ3v) is 5.87. The first kappa shape index (κ1) is 19.0. The Kier molecular flexibility index (Phi) is 4.87.